The molecule has 0 fully saturated rings. The molecule has 1 aromatic carbocycles. The lowest BCUT2D eigenvalue weighted by Gasteiger charge is -2.30. The van der Waals surface area contributed by atoms with Gasteiger partial charge < -0.3 is 14.9 Å². The number of phenols is 1. The molecule has 0 heterocycles. The van der Waals surface area contributed by atoms with Crippen LogP contribution >= 0.6 is 0 Å². The van der Waals surface area contributed by atoms with Gasteiger partial charge in [-0.15, -0.1) is 0 Å². The van der Waals surface area contributed by atoms with E-state index < -0.39 is 23.3 Å². The topological polar surface area (TPSA) is 66.8 Å². The number of phenolic OH excluding ortho intramolecular Hbond substituents is 1. The van der Waals surface area contributed by atoms with Crippen LogP contribution in [0.3, 0.4) is 0 Å². The molecule has 118 valence electrons. The second kappa shape index (κ2) is 5.55. The van der Waals surface area contributed by atoms with E-state index in [4.69, 9.17) is 0 Å². The van der Waals surface area contributed by atoms with Gasteiger partial charge in [-0.1, -0.05) is 13.8 Å². The molecule has 0 amide bonds. The summed E-state index contributed by atoms with van der Waals surface area (Å²) in [7, 11) is 0.762. The standard InChI is InChI=1S/C14H17F3O4/c1-7(2)9-6-10(8(3)5-11(9)18)13(20,12(19)21-4)14(15,16)17/h5-7,18,20H,1-4H3. The van der Waals surface area contributed by atoms with E-state index in [2.05, 4.69) is 4.74 Å². The Morgan fingerprint density at radius 3 is 2.19 bits per heavy atom. The summed E-state index contributed by atoms with van der Waals surface area (Å²) in [6.45, 7) is 4.59. The molecule has 1 rings (SSSR count). The van der Waals surface area contributed by atoms with Crippen LogP contribution in [0, 0.1) is 6.92 Å². The lowest BCUT2D eigenvalue weighted by molar-refractivity contribution is -0.267. The zero-order valence-electron chi connectivity index (χ0n) is 12.1. The van der Waals surface area contributed by atoms with Crippen LogP contribution in [0.15, 0.2) is 12.1 Å². The second-order valence-corrected chi connectivity index (χ2v) is 5.08. The van der Waals surface area contributed by atoms with Crippen molar-refractivity contribution in [3.63, 3.8) is 0 Å². The summed E-state index contributed by atoms with van der Waals surface area (Å²) in [6.07, 6.45) is -5.25. The molecule has 0 aliphatic heterocycles. The lowest BCUT2D eigenvalue weighted by Crippen LogP contribution is -2.50. The van der Waals surface area contributed by atoms with Gasteiger partial charge in [0.15, 0.2) is 0 Å². The fourth-order valence-corrected chi connectivity index (χ4v) is 2.09. The summed E-state index contributed by atoms with van der Waals surface area (Å²) < 4.78 is 43.8. The first-order valence-corrected chi connectivity index (χ1v) is 6.18. The third kappa shape index (κ3) is 2.83. The summed E-state index contributed by atoms with van der Waals surface area (Å²) >= 11 is 0. The number of methoxy groups -OCH3 is 1. The average Bonchev–Trinajstić information content (AvgIpc) is 2.35. The number of esters is 1. The fourth-order valence-electron chi connectivity index (χ4n) is 2.09. The number of hydrogen-bond acceptors (Lipinski definition) is 4. The number of halogens is 3. The maximum Gasteiger partial charge on any atom is 0.432 e. The van der Waals surface area contributed by atoms with Crippen LogP contribution < -0.4 is 0 Å². The van der Waals surface area contributed by atoms with E-state index in [1.165, 1.54) is 6.92 Å². The van der Waals surface area contributed by atoms with Crippen LogP contribution in [0.4, 0.5) is 13.2 Å². The van der Waals surface area contributed by atoms with Gasteiger partial charge in [-0.2, -0.15) is 13.2 Å². The molecule has 7 heteroatoms. The fraction of sp³-hybridized carbons (Fsp3) is 0.500. The van der Waals surface area contributed by atoms with Gasteiger partial charge in [0.2, 0.25) is 0 Å². The Labute approximate surface area is 120 Å². The third-order valence-electron chi connectivity index (χ3n) is 3.28. The molecule has 0 aromatic heterocycles. The van der Waals surface area contributed by atoms with E-state index in [9.17, 15) is 28.2 Å². The predicted molar refractivity (Wildman–Crippen MR) is 68.9 cm³/mol. The SMILES string of the molecule is COC(=O)C(O)(c1cc(C(C)C)c(O)cc1C)C(F)(F)F. The van der Waals surface area contributed by atoms with Crippen molar-refractivity contribution in [3.05, 3.63) is 28.8 Å². The van der Waals surface area contributed by atoms with Crippen LogP contribution in [0.25, 0.3) is 0 Å². The number of rotatable bonds is 3. The van der Waals surface area contributed by atoms with Gasteiger partial charge in [0.05, 0.1) is 7.11 Å². The van der Waals surface area contributed by atoms with E-state index in [0.29, 0.717) is 0 Å². The highest BCUT2D eigenvalue weighted by Crippen LogP contribution is 2.43. The molecule has 4 nitrogen and oxygen atoms in total. The molecule has 0 aliphatic carbocycles. The maximum absolute atomic E-state index is 13.2. The van der Waals surface area contributed by atoms with Gasteiger partial charge in [-0.05, 0) is 36.1 Å². The quantitative estimate of drug-likeness (QED) is 0.843. The minimum Gasteiger partial charge on any atom is -0.508 e. The highest BCUT2D eigenvalue weighted by molar-refractivity contribution is 5.83. The number of aryl methyl sites for hydroxylation is 1. The Kier molecular flexibility index (Phi) is 4.57. The van der Waals surface area contributed by atoms with Gasteiger partial charge in [0, 0.05) is 5.56 Å². The Morgan fingerprint density at radius 1 is 1.29 bits per heavy atom. The number of carbonyl (C=O) groups excluding carboxylic acids is 1. The molecule has 0 spiro atoms. The van der Waals surface area contributed by atoms with Gasteiger partial charge in [-0.25, -0.2) is 4.79 Å². The summed E-state index contributed by atoms with van der Waals surface area (Å²) in [5, 5.41) is 19.8. The molecular weight excluding hydrogens is 289 g/mol. The smallest absolute Gasteiger partial charge is 0.432 e. The molecular formula is C14H17F3O4. The van der Waals surface area contributed by atoms with Crippen LogP contribution in [0.1, 0.15) is 36.5 Å². The number of aliphatic hydroxyl groups is 1. The summed E-state index contributed by atoms with van der Waals surface area (Å²) in [5.74, 6) is -2.31. The average molecular weight is 306 g/mol. The zero-order chi connectivity index (χ0) is 16.6. The Morgan fingerprint density at radius 2 is 1.81 bits per heavy atom. The second-order valence-electron chi connectivity index (χ2n) is 5.08. The van der Waals surface area contributed by atoms with Crippen LogP contribution in [0.2, 0.25) is 0 Å². The Balaban J connectivity index is 3.68. The van der Waals surface area contributed by atoms with Crippen LogP contribution in [-0.4, -0.2) is 29.5 Å². The van der Waals surface area contributed by atoms with Crippen molar-refractivity contribution < 1.29 is 32.9 Å². The minimum absolute atomic E-state index is 0.0675. The maximum atomic E-state index is 13.2. The zero-order valence-corrected chi connectivity index (χ0v) is 12.1. The first kappa shape index (κ1) is 17.3. The molecule has 1 aromatic rings. The monoisotopic (exact) mass is 306 g/mol. The minimum atomic E-state index is -5.25. The van der Waals surface area contributed by atoms with Crippen molar-refractivity contribution >= 4 is 5.97 Å². The largest absolute Gasteiger partial charge is 0.508 e. The first-order valence-electron chi connectivity index (χ1n) is 6.18. The van der Waals surface area contributed by atoms with Crippen molar-refractivity contribution in [2.75, 3.05) is 7.11 Å². The molecule has 0 saturated carbocycles. The lowest BCUT2D eigenvalue weighted by atomic mass is 9.86. The normalized spacial score (nSPS) is 14.9. The molecule has 0 bridgehead atoms. The van der Waals surface area contributed by atoms with Crippen LogP contribution in [-0.2, 0) is 15.1 Å². The Bertz CT molecular complexity index is 552. The van der Waals surface area contributed by atoms with Crippen molar-refractivity contribution in [2.24, 2.45) is 0 Å². The third-order valence-corrected chi connectivity index (χ3v) is 3.28. The highest BCUT2D eigenvalue weighted by Gasteiger charge is 2.62. The van der Waals surface area contributed by atoms with Crippen molar-refractivity contribution in [2.45, 2.75) is 38.5 Å². The molecule has 21 heavy (non-hydrogen) atoms. The number of hydrogen-bond donors (Lipinski definition) is 2. The van der Waals surface area contributed by atoms with Crippen molar-refractivity contribution in [1.82, 2.24) is 0 Å². The number of alkyl halides is 3. The van der Waals surface area contributed by atoms with Crippen molar-refractivity contribution in [1.29, 1.82) is 0 Å². The first-order chi connectivity index (χ1) is 9.46. The number of carbonyl (C=O) groups is 1. The number of aromatic hydroxyl groups is 1. The summed E-state index contributed by atoms with van der Waals surface area (Å²) in [4.78, 5) is 11.5. The van der Waals surface area contributed by atoms with E-state index in [1.54, 1.807) is 13.8 Å². The highest BCUT2D eigenvalue weighted by atomic mass is 19.4. The summed E-state index contributed by atoms with van der Waals surface area (Å²) in [6, 6.07) is 2.07. The number of benzene rings is 1. The van der Waals surface area contributed by atoms with E-state index in [-0.39, 0.29) is 22.8 Å². The van der Waals surface area contributed by atoms with Gasteiger partial charge in [0.1, 0.15) is 5.75 Å². The van der Waals surface area contributed by atoms with Gasteiger partial charge in [-0.3, -0.25) is 0 Å². The molecule has 1 atom stereocenters. The molecule has 1 unspecified atom stereocenters. The van der Waals surface area contributed by atoms with Gasteiger partial charge in [0.25, 0.3) is 5.60 Å². The predicted octanol–water partition coefficient (Wildman–Crippen LogP) is 2.75. The van der Waals surface area contributed by atoms with E-state index in [1.807, 2.05) is 0 Å². The van der Waals surface area contributed by atoms with E-state index in [0.717, 1.165) is 19.2 Å². The van der Waals surface area contributed by atoms with Crippen molar-refractivity contribution in [3.8, 4) is 5.75 Å². The molecule has 0 aliphatic rings. The summed E-state index contributed by atoms with van der Waals surface area (Å²) in [5.41, 5.74) is -4.30. The van der Waals surface area contributed by atoms with Crippen LogP contribution in [0.5, 0.6) is 5.75 Å². The van der Waals surface area contributed by atoms with E-state index >= 15 is 0 Å². The molecule has 0 radical (unpaired) electrons. The molecule has 2 N–H and O–H groups in total. The van der Waals surface area contributed by atoms with Gasteiger partial charge >= 0.3 is 12.1 Å². The Hall–Kier alpha value is -1.76. The number of ether oxygens (including phenoxy) is 1. The molecule has 0 saturated heterocycles.